The molecule has 0 bridgehead atoms. The van der Waals surface area contributed by atoms with Crippen LogP contribution in [0.3, 0.4) is 0 Å². The summed E-state index contributed by atoms with van der Waals surface area (Å²) in [6, 6.07) is 18.7. The van der Waals surface area contributed by atoms with E-state index in [0.29, 0.717) is 13.0 Å². The lowest BCUT2D eigenvalue weighted by Crippen LogP contribution is -2.32. The van der Waals surface area contributed by atoms with Crippen molar-refractivity contribution < 1.29 is 9.53 Å². The number of nitrogens with two attached hydrogens (primary N) is 1. The van der Waals surface area contributed by atoms with E-state index >= 15 is 0 Å². The van der Waals surface area contributed by atoms with Gasteiger partial charge in [0.15, 0.2) is 0 Å². The van der Waals surface area contributed by atoms with Gasteiger partial charge in [-0.05, 0) is 42.9 Å². The van der Waals surface area contributed by atoms with Crippen molar-refractivity contribution in [3.8, 4) is 11.1 Å². The lowest BCUT2D eigenvalue weighted by molar-refractivity contribution is -0.144. The van der Waals surface area contributed by atoms with E-state index in [0.717, 1.165) is 25.7 Å². The smallest absolute Gasteiger partial charge is 0.322 e. The van der Waals surface area contributed by atoms with Gasteiger partial charge >= 0.3 is 5.97 Å². The molecule has 3 heteroatoms. The maximum atomic E-state index is 11.4. The molecule has 24 heavy (non-hydrogen) atoms. The van der Waals surface area contributed by atoms with Gasteiger partial charge in [0.1, 0.15) is 6.04 Å². The summed E-state index contributed by atoms with van der Waals surface area (Å²) in [7, 11) is 0. The average molecular weight is 325 g/mol. The minimum Gasteiger partial charge on any atom is -0.465 e. The predicted octanol–water partition coefficient (Wildman–Crippen LogP) is 4.35. The number of aryl methyl sites for hydroxylation is 1. The maximum absolute atomic E-state index is 11.4. The lowest BCUT2D eigenvalue weighted by atomic mass is 10.0. The highest BCUT2D eigenvalue weighted by atomic mass is 16.5. The number of hydrogen-bond acceptors (Lipinski definition) is 3. The van der Waals surface area contributed by atoms with Crippen LogP contribution in [0.15, 0.2) is 54.6 Å². The normalized spacial score (nSPS) is 11.9. The van der Waals surface area contributed by atoms with Gasteiger partial charge in [-0.25, -0.2) is 0 Å². The van der Waals surface area contributed by atoms with Gasteiger partial charge in [0, 0.05) is 0 Å². The molecule has 0 aliphatic rings. The Kier molecular flexibility index (Phi) is 7.50. The first-order valence-electron chi connectivity index (χ1n) is 8.77. The van der Waals surface area contributed by atoms with E-state index in [2.05, 4.69) is 48.5 Å². The molecule has 0 amide bonds. The van der Waals surface area contributed by atoms with Gasteiger partial charge in [0.2, 0.25) is 0 Å². The van der Waals surface area contributed by atoms with Gasteiger partial charge in [-0.1, -0.05) is 67.4 Å². The summed E-state index contributed by atoms with van der Waals surface area (Å²) in [6.45, 7) is 2.19. The average Bonchev–Trinajstić information content (AvgIpc) is 2.62. The second kappa shape index (κ2) is 9.89. The van der Waals surface area contributed by atoms with Crippen LogP contribution in [0.4, 0.5) is 0 Å². The molecule has 128 valence electrons. The minimum absolute atomic E-state index is 0.283. The molecule has 2 aromatic rings. The van der Waals surface area contributed by atoms with Crippen LogP contribution in [-0.4, -0.2) is 18.6 Å². The Bertz CT molecular complexity index is 607. The molecule has 1 unspecified atom stereocenters. The third-order valence-corrected chi connectivity index (χ3v) is 4.13. The van der Waals surface area contributed by atoms with E-state index in [9.17, 15) is 4.79 Å². The third-order valence-electron chi connectivity index (χ3n) is 4.13. The number of ether oxygens (including phenoxy) is 1. The number of esters is 1. The number of carbonyl (C=O) groups excluding carboxylic acids is 1. The summed E-state index contributed by atoms with van der Waals surface area (Å²) >= 11 is 0. The largest absolute Gasteiger partial charge is 0.465 e. The molecular formula is C21H27NO2. The fraction of sp³-hybridized carbons (Fsp3) is 0.381. The van der Waals surface area contributed by atoms with Crippen molar-refractivity contribution in [1.29, 1.82) is 0 Å². The molecule has 0 radical (unpaired) electrons. The van der Waals surface area contributed by atoms with E-state index < -0.39 is 6.04 Å². The highest BCUT2D eigenvalue weighted by Gasteiger charge is 2.13. The van der Waals surface area contributed by atoms with Gasteiger partial charge < -0.3 is 10.5 Å². The molecule has 0 aromatic heterocycles. The summed E-state index contributed by atoms with van der Waals surface area (Å²) in [6.07, 6.45) is 4.91. The van der Waals surface area contributed by atoms with Crippen LogP contribution in [0.2, 0.25) is 0 Å². The summed E-state index contributed by atoms with van der Waals surface area (Å²) < 4.78 is 4.91. The van der Waals surface area contributed by atoms with Crippen LogP contribution < -0.4 is 5.73 Å². The van der Waals surface area contributed by atoms with Gasteiger partial charge in [-0.3, -0.25) is 4.79 Å². The van der Waals surface area contributed by atoms with E-state index in [1.165, 1.54) is 16.7 Å². The highest BCUT2D eigenvalue weighted by molar-refractivity contribution is 5.75. The molecule has 0 saturated carbocycles. The quantitative estimate of drug-likeness (QED) is 0.551. The van der Waals surface area contributed by atoms with Crippen molar-refractivity contribution >= 4 is 5.97 Å². The number of benzene rings is 2. The molecule has 0 fully saturated rings. The molecule has 3 nitrogen and oxygen atoms in total. The predicted molar refractivity (Wildman–Crippen MR) is 98.7 cm³/mol. The molecule has 0 heterocycles. The second-order valence-corrected chi connectivity index (χ2v) is 6.02. The van der Waals surface area contributed by atoms with Crippen LogP contribution in [0.25, 0.3) is 11.1 Å². The van der Waals surface area contributed by atoms with Crippen molar-refractivity contribution in [3.63, 3.8) is 0 Å². The first-order chi connectivity index (χ1) is 11.7. The van der Waals surface area contributed by atoms with Crippen molar-refractivity contribution in [2.24, 2.45) is 5.73 Å². The Hall–Kier alpha value is -2.13. The zero-order valence-electron chi connectivity index (χ0n) is 14.4. The van der Waals surface area contributed by atoms with Gasteiger partial charge in [0.25, 0.3) is 0 Å². The molecule has 2 aromatic carbocycles. The fourth-order valence-corrected chi connectivity index (χ4v) is 2.73. The van der Waals surface area contributed by atoms with Crippen LogP contribution in [0.1, 0.15) is 38.2 Å². The zero-order chi connectivity index (χ0) is 17.2. The Balaban J connectivity index is 1.69. The topological polar surface area (TPSA) is 52.3 Å². The van der Waals surface area contributed by atoms with Crippen molar-refractivity contribution in [1.82, 2.24) is 0 Å². The summed E-state index contributed by atoms with van der Waals surface area (Å²) in [5.74, 6) is -0.283. The Labute approximate surface area is 144 Å². The lowest BCUT2D eigenvalue weighted by Gasteiger charge is -2.10. The number of unbranched alkanes of at least 4 members (excludes halogenated alkanes) is 2. The summed E-state index contributed by atoms with van der Waals surface area (Å²) in [4.78, 5) is 11.4. The van der Waals surface area contributed by atoms with E-state index in [-0.39, 0.29) is 5.97 Å². The SMILES string of the molecule is CCOC(=O)C(N)CCCCCc1ccc(-c2ccccc2)cc1. The fourth-order valence-electron chi connectivity index (χ4n) is 2.73. The monoisotopic (exact) mass is 325 g/mol. The molecule has 0 aliphatic heterocycles. The molecule has 0 saturated heterocycles. The number of carbonyl (C=O) groups is 1. The third kappa shape index (κ3) is 5.82. The van der Waals surface area contributed by atoms with Crippen molar-refractivity contribution in [2.75, 3.05) is 6.61 Å². The van der Waals surface area contributed by atoms with E-state index in [1.54, 1.807) is 6.92 Å². The molecule has 0 spiro atoms. The van der Waals surface area contributed by atoms with Gasteiger partial charge in [-0.15, -0.1) is 0 Å². The minimum atomic E-state index is -0.477. The Morgan fingerprint density at radius 3 is 2.29 bits per heavy atom. The Morgan fingerprint density at radius 1 is 0.958 bits per heavy atom. The summed E-state index contributed by atoms with van der Waals surface area (Å²) in [5, 5.41) is 0. The number of hydrogen-bond donors (Lipinski definition) is 1. The van der Waals surface area contributed by atoms with Crippen LogP contribution >= 0.6 is 0 Å². The van der Waals surface area contributed by atoms with Crippen LogP contribution in [0, 0.1) is 0 Å². The van der Waals surface area contributed by atoms with Crippen molar-refractivity contribution in [2.45, 2.75) is 45.1 Å². The molecule has 1 atom stereocenters. The zero-order valence-corrected chi connectivity index (χ0v) is 14.4. The molecule has 2 rings (SSSR count). The standard InChI is InChI=1S/C21H27NO2/c1-2-24-21(23)20(22)12-8-3-5-9-17-13-15-19(16-14-17)18-10-6-4-7-11-18/h4,6-7,10-11,13-16,20H,2-3,5,8-9,12,22H2,1H3. The first kappa shape index (κ1) is 18.2. The molecular weight excluding hydrogens is 298 g/mol. The second-order valence-electron chi connectivity index (χ2n) is 6.02. The highest BCUT2D eigenvalue weighted by Crippen LogP contribution is 2.20. The van der Waals surface area contributed by atoms with Crippen LogP contribution in [-0.2, 0) is 16.0 Å². The first-order valence-corrected chi connectivity index (χ1v) is 8.77. The summed E-state index contributed by atoms with van der Waals surface area (Å²) in [5.41, 5.74) is 9.64. The maximum Gasteiger partial charge on any atom is 0.322 e. The van der Waals surface area contributed by atoms with E-state index in [4.69, 9.17) is 10.5 Å². The van der Waals surface area contributed by atoms with Gasteiger partial charge in [0.05, 0.1) is 6.61 Å². The Morgan fingerprint density at radius 2 is 1.62 bits per heavy atom. The van der Waals surface area contributed by atoms with E-state index in [1.807, 2.05) is 6.07 Å². The number of rotatable bonds is 9. The van der Waals surface area contributed by atoms with Crippen molar-refractivity contribution in [3.05, 3.63) is 60.2 Å². The molecule has 2 N–H and O–H groups in total. The van der Waals surface area contributed by atoms with Gasteiger partial charge in [-0.2, -0.15) is 0 Å². The van der Waals surface area contributed by atoms with Crippen LogP contribution in [0.5, 0.6) is 0 Å². The molecule has 0 aliphatic carbocycles.